The molecule has 0 N–H and O–H groups in total. The predicted molar refractivity (Wildman–Crippen MR) is 53.0 cm³/mol. The fourth-order valence-corrected chi connectivity index (χ4v) is 1.73. The van der Waals surface area contributed by atoms with E-state index in [4.69, 9.17) is 9.47 Å². The van der Waals surface area contributed by atoms with Gasteiger partial charge in [0, 0.05) is 10.5 Å². The molecule has 6 heteroatoms. The van der Waals surface area contributed by atoms with E-state index in [-0.39, 0.29) is 5.56 Å². The maximum atomic E-state index is 11.5. The van der Waals surface area contributed by atoms with Gasteiger partial charge in [0.05, 0.1) is 7.11 Å². The first-order valence-electron chi connectivity index (χ1n) is 4.63. The molecule has 6 nitrogen and oxygen atoms in total. The highest BCUT2D eigenvalue weighted by Crippen LogP contribution is 2.36. The van der Waals surface area contributed by atoms with E-state index in [0.29, 0.717) is 11.3 Å². The largest absolute Gasteiger partial charge is 0.496 e. The van der Waals surface area contributed by atoms with Crippen LogP contribution in [0.25, 0.3) is 0 Å². The van der Waals surface area contributed by atoms with Gasteiger partial charge in [-0.25, -0.2) is 4.79 Å². The van der Waals surface area contributed by atoms with Gasteiger partial charge in [-0.2, -0.15) is 0 Å². The lowest BCUT2D eigenvalue weighted by atomic mass is 10.0. The van der Waals surface area contributed by atoms with Gasteiger partial charge in [-0.15, -0.1) is 0 Å². The SMILES string of the molecule is COc1cccc2c1C(=O)O[C@@H]2C[N+](=O)[O-]. The average molecular weight is 223 g/mol. The zero-order chi connectivity index (χ0) is 11.7. The second-order valence-corrected chi connectivity index (χ2v) is 3.33. The van der Waals surface area contributed by atoms with Gasteiger partial charge in [-0.3, -0.25) is 10.1 Å². The third-order valence-electron chi connectivity index (χ3n) is 2.39. The molecule has 0 spiro atoms. The number of hydrogen-bond donors (Lipinski definition) is 0. The summed E-state index contributed by atoms with van der Waals surface area (Å²) in [4.78, 5) is 21.4. The molecule has 0 radical (unpaired) electrons. The van der Waals surface area contributed by atoms with Crippen LogP contribution < -0.4 is 4.74 Å². The van der Waals surface area contributed by atoms with E-state index in [1.165, 1.54) is 7.11 Å². The molecule has 1 aromatic rings. The summed E-state index contributed by atoms with van der Waals surface area (Å²) in [5, 5.41) is 10.4. The summed E-state index contributed by atoms with van der Waals surface area (Å²) < 4.78 is 9.93. The smallest absolute Gasteiger partial charge is 0.343 e. The predicted octanol–water partition coefficient (Wildman–Crippen LogP) is 1.18. The van der Waals surface area contributed by atoms with Gasteiger partial charge in [-0.1, -0.05) is 12.1 Å². The summed E-state index contributed by atoms with van der Waals surface area (Å²) >= 11 is 0. The number of cyclic esters (lactones) is 1. The van der Waals surface area contributed by atoms with Gasteiger partial charge in [0.2, 0.25) is 6.54 Å². The Morgan fingerprint density at radius 2 is 2.31 bits per heavy atom. The van der Waals surface area contributed by atoms with Gasteiger partial charge in [0.15, 0.2) is 6.10 Å². The van der Waals surface area contributed by atoms with Gasteiger partial charge in [-0.05, 0) is 6.07 Å². The summed E-state index contributed by atoms with van der Waals surface area (Å²) in [5.41, 5.74) is 0.804. The first kappa shape index (κ1) is 10.4. The fraction of sp³-hybridized carbons (Fsp3) is 0.300. The number of carbonyl (C=O) groups excluding carboxylic acids is 1. The van der Waals surface area contributed by atoms with Crippen LogP contribution in [-0.4, -0.2) is 24.5 Å². The maximum absolute atomic E-state index is 11.5. The van der Waals surface area contributed by atoms with Crippen LogP contribution in [0.15, 0.2) is 18.2 Å². The first-order chi connectivity index (χ1) is 7.63. The van der Waals surface area contributed by atoms with Crippen molar-refractivity contribution in [3.63, 3.8) is 0 Å². The van der Waals surface area contributed by atoms with Crippen LogP contribution in [0.1, 0.15) is 22.0 Å². The molecule has 0 bridgehead atoms. The van der Waals surface area contributed by atoms with Crippen LogP contribution >= 0.6 is 0 Å². The van der Waals surface area contributed by atoms with Gasteiger partial charge >= 0.3 is 5.97 Å². The molecule has 84 valence electrons. The molecule has 16 heavy (non-hydrogen) atoms. The van der Waals surface area contributed by atoms with Crippen molar-refractivity contribution in [3.05, 3.63) is 39.4 Å². The lowest BCUT2D eigenvalue weighted by Crippen LogP contribution is -2.12. The number of carbonyl (C=O) groups is 1. The van der Waals surface area contributed by atoms with E-state index in [0.717, 1.165) is 0 Å². The molecule has 1 heterocycles. The van der Waals surface area contributed by atoms with Crippen LogP contribution in [0, 0.1) is 10.1 Å². The minimum atomic E-state index is -0.812. The van der Waals surface area contributed by atoms with Crippen molar-refractivity contribution in [2.75, 3.05) is 13.7 Å². The first-order valence-corrected chi connectivity index (χ1v) is 4.63. The highest BCUT2D eigenvalue weighted by molar-refractivity contribution is 5.97. The van der Waals surface area contributed by atoms with Crippen molar-refractivity contribution in [1.29, 1.82) is 0 Å². The lowest BCUT2D eigenvalue weighted by molar-refractivity contribution is -0.490. The Bertz CT molecular complexity index is 457. The van der Waals surface area contributed by atoms with Crippen LogP contribution in [0.5, 0.6) is 5.75 Å². The van der Waals surface area contributed by atoms with Crippen molar-refractivity contribution in [3.8, 4) is 5.75 Å². The Morgan fingerprint density at radius 1 is 1.56 bits per heavy atom. The molecular formula is C10H9NO5. The van der Waals surface area contributed by atoms with Crippen molar-refractivity contribution in [1.82, 2.24) is 0 Å². The number of nitrogens with zero attached hydrogens (tertiary/aromatic N) is 1. The Hall–Kier alpha value is -2.11. The minimum absolute atomic E-state index is 0.289. The summed E-state index contributed by atoms with van der Waals surface area (Å²) in [6.07, 6.45) is -0.812. The molecular weight excluding hydrogens is 214 g/mol. The van der Waals surface area contributed by atoms with Crippen LogP contribution in [0.2, 0.25) is 0 Å². The highest BCUT2D eigenvalue weighted by Gasteiger charge is 2.36. The summed E-state index contributed by atoms with van der Waals surface area (Å²) in [6.45, 7) is -0.425. The molecule has 0 aliphatic carbocycles. The van der Waals surface area contributed by atoms with Crippen molar-refractivity contribution < 1.29 is 19.2 Å². The Morgan fingerprint density at radius 3 is 2.94 bits per heavy atom. The topological polar surface area (TPSA) is 78.7 Å². The zero-order valence-electron chi connectivity index (χ0n) is 8.50. The van der Waals surface area contributed by atoms with E-state index in [1.807, 2.05) is 0 Å². The summed E-state index contributed by atoms with van der Waals surface area (Å²) in [6, 6.07) is 4.93. The van der Waals surface area contributed by atoms with E-state index in [9.17, 15) is 14.9 Å². The fourth-order valence-electron chi connectivity index (χ4n) is 1.73. The normalized spacial score (nSPS) is 17.8. The molecule has 0 saturated carbocycles. The molecule has 1 aliphatic rings. The van der Waals surface area contributed by atoms with Crippen LogP contribution in [-0.2, 0) is 4.74 Å². The van der Waals surface area contributed by atoms with Crippen LogP contribution in [0.4, 0.5) is 0 Å². The summed E-state index contributed by atoms with van der Waals surface area (Å²) in [7, 11) is 1.43. The van der Waals surface area contributed by atoms with Gasteiger partial charge in [0.25, 0.3) is 0 Å². The van der Waals surface area contributed by atoms with Gasteiger partial charge < -0.3 is 9.47 Å². The number of rotatable bonds is 3. The Kier molecular flexibility index (Phi) is 2.47. The second kappa shape index (κ2) is 3.80. The molecule has 0 fully saturated rings. The van der Waals surface area contributed by atoms with E-state index in [1.54, 1.807) is 18.2 Å². The number of benzene rings is 1. The maximum Gasteiger partial charge on any atom is 0.343 e. The third-order valence-corrected chi connectivity index (χ3v) is 2.39. The zero-order valence-corrected chi connectivity index (χ0v) is 8.50. The number of fused-ring (bicyclic) bond motifs is 1. The van der Waals surface area contributed by atoms with Crippen molar-refractivity contribution >= 4 is 5.97 Å². The average Bonchev–Trinajstić information content (AvgIpc) is 2.55. The quantitative estimate of drug-likeness (QED) is 0.436. The molecule has 1 aromatic carbocycles. The number of esters is 1. The molecule has 0 saturated heterocycles. The van der Waals surface area contributed by atoms with Crippen molar-refractivity contribution in [2.24, 2.45) is 0 Å². The van der Waals surface area contributed by atoms with E-state index in [2.05, 4.69) is 0 Å². The molecule has 0 unspecified atom stereocenters. The Balaban J connectivity index is 2.43. The van der Waals surface area contributed by atoms with E-state index >= 15 is 0 Å². The molecule has 1 aliphatic heterocycles. The number of nitro groups is 1. The monoisotopic (exact) mass is 223 g/mol. The minimum Gasteiger partial charge on any atom is -0.496 e. The molecule has 2 rings (SSSR count). The molecule has 0 amide bonds. The van der Waals surface area contributed by atoms with Crippen LogP contribution in [0.3, 0.4) is 0 Å². The lowest BCUT2D eigenvalue weighted by Gasteiger charge is -2.05. The van der Waals surface area contributed by atoms with E-state index < -0.39 is 23.5 Å². The van der Waals surface area contributed by atoms with Crippen molar-refractivity contribution in [2.45, 2.75) is 6.10 Å². The number of methoxy groups -OCH3 is 1. The standard InChI is InChI=1S/C10H9NO5/c1-15-7-4-2-3-6-8(5-11(13)14)16-10(12)9(6)7/h2-4,8H,5H2,1H3/t8-/m1/s1. The highest BCUT2D eigenvalue weighted by atomic mass is 16.6. The molecule has 1 atom stereocenters. The second-order valence-electron chi connectivity index (χ2n) is 3.33. The summed E-state index contributed by atoms with van der Waals surface area (Å²) in [5.74, 6) is -0.187. The number of ether oxygens (including phenoxy) is 2. The Labute approximate surface area is 90.9 Å². The molecule has 0 aromatic heterocycles. The third kappa shape index (κ3) is 1.58. The van der Waals surface area contributed by atoms with Gasteiger partial charge in [0.1, 0.15) is 11.3 Å². The number of hydrogen-bond acceptors (Lipinski definition) is 5.